The fourth-order valence-electron chi connectivity index (χ4n) is 3.18. The summed E-state index contributed by atoms with van der Waals surface area (Å²) in [5.74, 6) is 2.61. The lowest BCUT2D eigenvalue weighted by molar-refractivity contribution is 0.0730. The van der Waals surface area contributed by atoms with Gasteiger partial charge < -0.3 is 14.3 Å². The van der Waals surface area contributed by atoms with Crippen LogP contribution >= 0.6 is 0 Å². The van der Waals surface area contributed by atoms with Gasteiger partial charge in [0.1, 0.15) is 17.3 Å². The summed E-state index contributed by atoms with van der Waals surface area (Å²) in [5.41, 5.74) is 1.87. The Morgan fingerprint density at radius 1 is 1.39 bits per heavy atom. The van der Waals surface area contributed by atoms with Gasteiger partial charge in [-0.1, -0.05) is 0 Å². The standard InChI is InChI=1S/C17H19N3O3/c1-9-12(7-15(23-9)11-3-4-11)17(22)20-6-5-14-13(8-20)16(21)19-10(2)18-14/h7,11H,3-6,8H2,1-2H3,(H,18,19,21). The van der Waals surface area contributed by atoms with Crippen LogP contribution in [-0.2, 0) is 13.0 Å². The van der Waals surface area contributed by atoms with Crippen LogP contribution in [0.25, 0.3) is 0 Å². The third-order valence-corrected chi connectivity index (χ3v) is 4.62. The summed E-state index contributed by atoms with van der Waals surface area (Å²) in [6.07, 6.45) is 2.88. The van der Waals surface area contributed by atoms with Crippen LogP contribution in [0.15, 0.2) is 15.3 Å². The molecule has 6 heteroatoms. The van der Waals surface area contributed by atoms with E-state index < -0.39 is 0 Å². The van der Waals surface area contributed by atoms with Crippen molar-refractivity contribution in [1.82, 2.24) is 14.9 Å². The lowest BCUT2D eigenvalue weighted by Gasteiger charge is -2.27. The molecule has 1 fully saturated rings. The molecule has 0 aromatic carbocycles. The maximum Gasteiger partial charge on any atom is 0.257 e. The van der Waals surface area contributed by atoms with Gasteiger partial charge >= 0.3 is 0 Å². The zero-order valence-corrected chi connectivity index (χ0v) is 13.3. The number of aromatic nitrogens is 2. The van der Waals surface area contributed by atoms with Crippen LogP contribution in [0, 0.1) is 13.8 Å². The Balaban J connectivity index is 1.61. The third kappa shape index (κ3) is 2.48. The number of nitrogens with zero attached hydrogens (tertiary/aromatic N) is 2. The minimum Gasteiger partial charge on any atom is -0.465 e. The molecule has 1 N–H and O–H groups in total. The van der Waals surface area contributed by atoms with Crippen LogP contribution in [-0.4, -0.2) is 27.3 Å². The van der Waals surface area contributed by atoms with Gasteiger partial charge in [0, 0.05) is 18.9 Å². The molecule has 0 radical (unpaired) electrons. The predicted molar refractivity (Wildman–Crippen MR) is 83.5 cm³/mol. The lowest BCUT2D eigenvalue weighted by atomic mass is 10.1. The van der Waals surface area contributed by atoms with Crippen molar-refractivity contribution in [3.05, 3.63) is 50.6 Å². The van der Waals surface area contributed by atoms with Crippen LogP contribution < -0.4 is 5.56 Å². The van der Waals surface area contributed by atoms with Gasteiger partial charge in [-0.05, 0) is 32.8 Å². The normalized spacial score (nSPS) is 17.2. The fraction of sp³-hybridized carbons (Fsp3) is 0.471. The zero-order valence-electron chi connectivity index (χ0n) is 13.3. The number of hydrogen-bond donors (Lipinski definition) is 1. The summed E-state index contributed by atoms with van der Waals surface area (Å²) in [5, 5.41) is 0. The molecule has 6 nitrogen and oxygen atoms in total. The van der Waals surface area contributed by atoms with E-state index in [-0.39, 0.29) is 11.5 Å². The molecule has 0 bridgehead atoms. The highest BCUT2D eigenvalue weighted by molar-refractivity contribution is 5.95. The number of carbonyl (C=O) groups excluding carboxylic acids is 1. The Kier molecular flexibility index (Phi) is 3.14. The molecule has 1 amide bonds. The summed E-state index contributed by atoms with van der Waals surface area (Å²) in [6, 6.07) is 1.88. The lowest BCUT2D eigenvalue weighted by Crippen LogP contribution is -2.39. The van der Waals surface area contributed by atoms with Gasteiger partial charge in [-0.2, -0.15) is 0 Å². The van der Waals surface area contributed by atoms with E-state index in [1.165, 1.54) is 0 Å². The SMILES string of the molecule is Cc1nc2c(c(=O)[nH]1)CN(C(=O)c1cc(C3CC3)oc1C)CC2. The number of hydrogen-bond acceptors (Lipinski definition) is 4. The first-order valence-corrected chi connectivity index (χ1v) is 8.01. The number of furan rings is 1. The molecule has 2 aliphatic rings. The van der Waals surface area contributed by atoms with E-state index in [1.54, 1.807) is 11.8 Å². The van der Waals surface area contributed by atoms with Gasteiger partial charge in [-0.25, -0.2) is 4.98 Å². The summed E-state index contributed by atoms with van der Waals surface area (Å²) < 4.78 is 5.73. The second kappa shape index (κ2) is 5.08. The number of carbonyl (C=O) groups is 1. The van der Waals surface area contributed by atoms with E-state index in [4.69, 9.17) is 4.42 Å². The van der Waals surface area contributed by atoms with E-state index in [0.29, 0.717) is 48.1 Å². The minimum absolute atomic E-state index is 0.0659. The third-order valence-electron chi connectivity index (χ3n) is 4.62. The average molecular weight is 313 g/mol. The van der Waals surface area contributed by atoms with Crippen molar-refractivity contribution in [2.75, 3.05) is 6.54 Å². The van der Waals surface area contributed by atoms with Crippen LogP contribution in [0.4, 0.5) is 0 Å². The van der Waals surface area contributed by atoms with E-state index >= 15 is 0 Å². The topological polar surface area (TPSA) is 79.2 Å². The van der Waals surface area contributed by atoms with Crippen molar-refractivity contribution >= 4 is 5.91 Å². The molecule has 0 saturated heterocycles. The van der Waals surface area contributed by atoms with Gasteiger partial charge in [-0.3, -0.25) is 9.59 Å². The maximum absolute atomic E-state index is 12.8. The Labute approximate surface area is 133 Å². The summed E-state index contributed by atoms with van der Waals surface area (Å²) >= 11 is 0. The molecule has 2 aromatic rings. The van der Waals surface area contributed by atoms with Crippen molar-refractivity contribution in [3.63, 3.8) is 0 Å². The first-order valence-electron chi connectivity index (χ1n) is 8.01. The molecule has 0 spiro atoms. The van der Waals surface area contributed by atoms with Crippen LogP contribution in [0.5, 0.6) is 0 Å². The van der Waals surface area contributed by atoms with Gasteiger partial charge in [0.05, 0.1) is 23.4 Å². The Morgan fingerprint density at radius 2 is 2.17 bits per heavy atom. The highest BCUT2D eigenvalue weighted by Gasteiger charge is 2.31. The van der Waals surface area contributed by atoms with E-state index in [1.807, 2.05) is 13.0 Å². The molecule has 4 rings (SSSR count). The first-order chi connectivity index (χ1) is 11.0. The Hall–Kier alpha value is -2.37. The minimum atomic E-state index is -0.146. The van der Waals surface area contributed by atoms with E-state index in [0.717, 1.165) is 24.3 Å². The smallest absolute Gasteiger partial charge is 0.257 e. The van der Waals surface area contributed by atoms with Gasteiger partial charge in [0.15, 0.2) is 0 Å². The van der Waals surface area contributed by atoms with Crippen molar-refractivity contribution in [1.29, 1.82) is 0 Å². The number of nitrogens with one attached hydrogen (secondary N) is 1. The highest BCUT2D eigenvalue weighted by atomic mass is 16.3. The second-order valence-corrected chi connectivity index (χ2v) is 6.45. The quantitative estimate of drug-likeness (QED) is 0.920. The number of aromatic amines is 1. The molecule has 1 saturated carbocycles. The molecular formula is C17H19N3O3. The summed E-state index contributed by atoms with van der Waals surface area (Å²) in [6.45, 7) is 4.48. The maximum atomic E-state index is 12.8. The Bertz CT molecular complexity index is 845. The Morgan fingerprint density at radius 3 is 2.91 bits per heavy atom. The van der Waals surface area contributed by atoms with Gasteiger partial charge in [0.25, 0.3) is 11.5 Å². The number of H-pyrrole nitrogens is 1. The molecular weight excluding hydrogens is 294 g/mol. The number of aryl methyl sites for hydroxylation is 2. The first kappa shape index (κ1) is 14.2. The van der Waals surface area contributed by atoms with Crippen molar-refractivity contribution < 1.29 is 9.21 Å². The average Bonchev–Trinajstić information content (AvgIpc) is 3.29. The van der Waals surface area contributed by atoms with Gasteiger partial charge in [0.2, 0.25) is 0 Å². The molecule has 2 aromatic heterocycles. The van der Waals surface area contributed by atoms with Crippen LogP contribution in [0.3, 0.4) is 0 Å². The molecule has 120 valence electrons. The van der Waals surface area contributed by atoms with Crippen molar-refractivity contribution in [2.45, 2.75) is 45.6 Å². The summed E-state index contributed by atoms with van der Waals surface area (Å²) in [7, 11) is 0. The molecule has 0 unspecified atom stereocenters. The van der Waals surface area contributed by atoms with Crippen molar-refractivity contribution in [3.8, 4) is 0 Å². The molecule has 3 heterocycles. The molecule has 23 heavy (non-hydrogen) atoms. The molecule has 0 atom stereocenters. The molecule has 1 aliphatic carbocycles. The van der Waals surface area contributed by atoms with Crippen molar-refractivity contribution in [2.24, 2.45) is 0 Å². The number of rotatable bonds is 2. The predicted octanol–water partition coefficient (Wildman–Crippen LogP) is 2.06. The largest absolute Gasteiger partial charge is 0.465 e. The monoisotopic (exact) mass is 313 g/mol. The van der Waals surface area contributed by atoms with E-state index in [2.05, 4.69) is 9.97 Å². The van der Waals surface area contributed by atoms with Gasteiger partial charge in [-0.15, -0.1) is 0 Å². The zero-order chi connectivity index (χ0) is 16.1. The molecule has 1 aliphatic heterocycles. The number of amides is 1. The highest BCUT2D eigenvalue weighted by Crippen LogP contribution is 2.41. The number of fused-ring (bicyclic) bond motifs is 1. The van der Waals surface area contributed by atoms with Crippen LogP contribution in [0.2, 0.25) is 0 Å². The van der Waals surface area contributed by atoms with E-state index in [9.17, 15) is 9.59 Å². The fourth-order valence-corrected chi connectivity index (χ4v) is 3.18. The summed E-state index contributed by atoms with van der Waals surface area (Å²) in [4.78, 5) is 33.7. The second-order valence-electron chi connectivity index (χ2n) is 6.45. The van der Waals surface area contributed by atoms with Crippen LogP contribution in [0.1, 0.15) is 57.7 Å².